The first-order valence-corrected chi connectivity index (χ1v) is 9.22. The highest BCUT2D eigenvalue weighted by Gasteiger charge is 2.20. The van der Waals surface area contributed by atoms with Crippen LogP contribution in [0.25, 0.3) is 0 Å². The van der Waals surface area contributed by atoms with Crippen molar-refractivity contribution in [1.82, 2.24) is 10.6 Å². The fourth-order valence-corrected chi connectivity index (χ4v) is 3.69. The average Bonchev–Trinajstić information content (AvgIpc) is 2.53. The van der Waals surface area contributed by atoms with Crippen LogP contribution in [-0.2, 0) is 25.1 Å². The van der Waals surface area contributed by atoms with Crippen molar-refractivity contribution >= 4 is 15.7 Å². The maximum absolute atomic E-state index is 12.0. The molecule has 1 aliphatic rings. The van der Waals surface area contributed by atoms with Gasteiger partial charge in [-0.25, -0.2) is 8.42 Å². The molecular formula is C15H22N2O4S. The van der Waals surface area contributed by atoms with E-state index in [1.807, 2.05) is 18.2 Å². The fraction of sp³-hybridized carbons (Fsp3) is 0.533. The quantitative estimate of drug-likeness (QED) is 0.694. The highest BCUT2D eigenvalue weighted by molar-refractivity contribution is 7.90. The maximum Gasteiger partial charge on any atom is 0.239 e. The van der Waals surface area contributed by atoms with Gasteiger partial charge >= 0.3 is 0 Å². The number of hydrogen-bond acceptors (Lipinski definition) is 5. The summed E-state index contributed by atoms with van der Waals surface area (Å²) in [5, 5.41) is 5.80. The molecule has 2 rings (SSSR count). The Kier molecular flexibility index (Phi) is 6.35. The second-order valence-electron chi connectivity index (χ2n) is 5.30. The summed E-state index contributed by atoms with van der Waals surface area (Å²) in [6.45, 7) is 1.98. The van der Waals surface area contributed by atoms with Crippen LogP contribution in [-0.4, -0.2) is 52.4 Å². The van der Waals surface area contributed by atoms with Gasteiger partial charge in [-0.3, -0.25) is 4.79 Å². The molecule has 1 aliphatic heterocycles. The van der Waals surface area contributed by atoms with E-state index in [0.29, 0.717) is 32.7 Å². The van der Waals surface area contributed by atoms with Crippen molar-refractivity contribution in [1.29, 1.82) is 0 Å². The monoisotopic (exact) mass is 326 g/mol. The van der Waals surface area contributed by atoms with Gasteiger partial charge in [0.15, 0.2) is 9.84 Å². The average molecular weight is 326 g/mol. The second kappa shape index (κ2) is 8.26. The Labute approximate surface area is 131 Å². The number of carbonyl (C=O) groups is 1. The molecule has 0 aromatic heterocycles. The third-order valence-electron chi connectivity index (χ3n) is 3.40. The lowest BCUT2D eigenvalue weighted by Crippen LogP contribution is -2.51. The van der Waals surface area contributed by atoms with Crippen LogP contribution in [0.4, 0.5) is 0 Å². The normalized spacial score (nSPS) is 18.8. The van der Waals surface area contributed by atoms with Crippen LogP contribution in [0.2, 0.25) is 0 Å². The molecule has 122 valence electrons. The van der Waals surface area contributed by atoms with Gasteiger partial charge in [-0.1, -0.05) is 30.3 Å². The summed E-state index contributed by atoms with van der Waals surface area (Å²) in [5.74, 6) is -0.0310. The Balaban J connectivity index is 1.68. The molecule has 0 spiro atoms. The molecule has 2 N–H and O–H groups in total. The van der Waals surface area contributed by atoms with Crippen LogP contribution in [0.1, 0.15) is 12.0 Å². The van der Waals surface area contributed by atoms with Crippen LogP contribution >= 0.6 is 0 Å². The van der Waals surface area contributed by atoms with Crippen molar-refractivity contribution in [3.8, 4) is 0 Å². The van der Waals surface area contributed by atoms with Gasteiger partial charge in [0, 0.05) is 13.1 Å². The van der Waals surface area contributed by atoms with Crippen LogP contribution in [0, 0.1) is 0 Å². The van der Waals surface area contributed by atoms with Crippen molar-refractivity contribution in [3.63, 3.8) is 0 Å². The van der Waals surface area contributed by atoms with Crippen LogP contribution in [0.15, 0.2) is 30.3 Å². The Morgan fingerprint density at radius 3 is 2.77 bits per heavy atom. The number of rotatable bonds is 7. The molecule has 1 saturated heterocycles. The first-order valence-electron chi connectivity index (χ1n) is 7.40. The molecule has 1 heterocycles. The lowest BCUT2D eigenvalue weighted by atomic mass is 10.2. The van der Waals surface area contributed by atoms with Crippen molar-refractivity contribution in [2.75, 3.05) is 32.1 Å². The highest BCUT2D eigenvalue weighted by Crippen LogP contribution is 2.07. The third kappa shape index (κ3) is 5.75. The van der Waals surface area contributed by atoms with Crippen molar-refractivity contribution in [2.24, 2.45) is 0 Å². The first kappa shape index (κ1) is 16.9. The van der Waals surface area contributed by atoms with E-state index in [9.17, 15) is 13.2 Å². The molecule has 1 fully saturated rings. The third-order valence-corrected chi connectivity index (χ3v) is 5.08. The zero-order chi connectivity index (χ0) is 15.8. The molecule has 0 saturated carbocycles. The minimum absolute atomic E-state index is 0.0415. The summed E-state index contributed by atoms with van der Waals surface area (Å²) in [7, 11) is -3.15. The summed E-state index contributed by atoms with van der Waals surface area (Å²) in [6, 6.07) is 8.76. The van der Waals surface area contributed by atoms with E-state index in [1.165, 1.54) is 0 Å². The number of sulfone groups is 1. The number of ether oxygens (including phenoxy) is 1. The highest BCUT2D eigenvalue weighted by atomic mass is 32.2. The summed E-state index contributed by atoms with van der Waals surface area (Å²) in [6.07, 6.45) is 0.411. The molecule has 1 aromatic carbocycles. The maximum atomic E-state index is 12.0. The topological polar surface area (TPSA) is 84.5 Å². The fourth-order valence-electron chi connectivity index (χ4n) is 2.26. The van der Waals surface area contributed by atoms with E-state index in [1.54, 1.807) is 12.1 Å². The Morgan fingerprint density at radius 1 is 1.32 bits per heavy atom. The van der Waals surface area contributed by atoms with Gasteiger partial charge in [0.25, 0.3) is 0 Å². The summed E-state index contributed by atoms with van der Waals surface area (Å²) in [4.78, 5) is 11.8. The minimum Gasteiger partial charge on any atom is -0.378 e. The predicted octanol–water partition coefficient (Wildman–Crippen LogP) is 0.0961. The van der Waals surface area contributed by atoms with Gasteiger partial charge < -0.3 is 15.4 Å². The van der Waals surface area contributed by atoms with Crippen LogP contribution in [0.3, 0.4) is 0 Å². The molecule has 1 aromatic rings. The molecule has 1 amide bonds. The molecule has 6 nitrogen and oxygen atoms in total. The number of amides is 1. The lowest BCUT2D eigenvalue weighted by Gasteiger charge is -2.22. The predicted molar refractivity (Wildman–Crippen MR) is 84.2 cm³/mol. The lowest BCUT2D eigenvalue weighted by molar-refractivity contribution is -0.125. The zero-order valence-electron chi connectivity index (χ0n) is 12.5. The summed E-state index contributed by atoms with van der Waals surface area (Å²) in [5.41, 5.74) is 0.787. The number of morpholine rings is 1. The molecule has 1 unspecified atom stereocenters. The standard InChI is InChI=1S/C15H22N2O4S/c18-15(14-11-21-9-8-16-14)17-7-4-10-22(19,20)12-13-5-2-1-3-6-13/h1-3,5-6,14,16H,4,7-12H2,(H,17,18). The zero-order valence-corrected chi connectivity index (χ0v) is 13.3. The van der Waals surface area contributed by atoms with Crippen molar-refractivity contribution in [2.45, 2.75) is 18.2 Å². The Hall–Kier alpha value is -1.44. The first-order chi connectivity index (χ1) is 10.6. The Morgan fingerprint density at radius 2 is 2.09 bits per heavy atom. The summed E-state index contributed by atoms with van der Waals surface area (Å²) >= 11 is 0. The van der Waals surface area contributed by atoms with Crippen molar-refractivity contribution < 1.29 is 17.9 Å². The van der Waals surface area contributed by atoms with E-state index < -0.39 is 9.84 Å². The minimum atomic E-state index is -3.15. The molecule has 7 heteroatoms. The number of nitrogens with one attached hydrogen (secondary N) is 2. The molecule has 22 heavy (non-hydrogen) atoms. The van der Waals surface area contributed by atoms with E-state index >= 15 is 0 Å². The Bertz CT molecular complexity index is 568. The van der Waals surface area contributed by atoms with Crippen molar-refractivity contribution in [3.05, 3.63) is 35.9 Å². The summed E-state index contributed by atoms with van der Waals surface area (Å²) < 4.78 is 29.2. The van der Waals surface area contributed by atoms with Gasteiger partial charge in [0.2, 0.25) is 5.91 Å². The van der Waals surface area contributed by atoms with Gasteiger partial charge in [0.05, 0.1) is 24.7 Å². The molecule has 0 bridgehead atoms. The molecular weight excluding hydrogens is 304 g/mol. The van der Waals surface area contributed by atoms with Gasteiger partial charge in [-0.05, 0) is 12.0 Å². The second-order valence-corrected chi connectivity index (χ2v) is 7.49. The van der Waals surface area contributed by atoms with Gasteiger partial charge in [-0.15, -0.1) is 0 Å². The van der Waals surface area contributed by atoms with Crippen LogP contribution in [0.5, 0.6) is 0 Å². The molecule has 1 atom stereocenters. The molecule has 0 radical (unpaired) electrons. The van der Waals surface area contributed by atoms with E-state index in [4.69, 9.17) is 4.74 Å². The molecule has 0 aliphatic carbocycles. The van der Waals surface area contributed by atoms with E-state index in [-0.39, 0.29) is 23.5 Å². The SMILES string of the molecule is O=C(NCCCS(=O)(=O)Cc1ccccc1)C1COCCN1. The van der Waals surface area contributed by atoms with Crippen LogP contribution < -0.4 is 10.6 Å². The number of carbonyl (C=O) groups excluding carboxylic acids is 1. The van der Waals surface area contributed by atoms with Gasteiger partial charge in [0.1, 0.15) is 6.04 Å². The number of hydrogen-bond donors (Lipinski definition) is 2. The van der Waals surface area contributed by atoms with Gasteiger partial charge in [-0.2, -0.15) is 0 Å². The largest absolute Gasteiger partial charge is 0.378 e. The van der Waals surface area contributed by atoms with E-state index in [2.05, 4.69) is 10.6 Å². The smallest absolute Gasteiger partial charge is 0.239 e. The number of benzene rings is 1. The van der Waals surface area contributed by atoms with E-state index in [0.717, 1.165) is 5.56 Å².